The molecule has 0 bridgehead atoms. The molecule has 144 valence electrons. The molecule has 9 nitrogen and oxygen atoms in total. The zero-order valence-electron chi connectivity index (χ0n) is 15.0. The zero-order chi connectivity index (χ0) is 20.3. The molecule has 0 saturated carbocycles. The highest BCUT2D eigenvalue weighted by molar-refractivity contribution is 6.08. The Labute approximate surface area is 160 Å². The van der Waals surface area contributed by atoms with Crippen LogP contribution >= 0.6 is 0 Å². The summed E-state index contributed by atoms with van der Waals surface area (Å²) in [6.45, 7) is 1.77. The van der Waals surface area contributed by atoms with E-state index in [1.165, 1.54) is 24.3 Å². The van der Waals surface area contributed by atoms with Gasteiger partial charge in [-0.3, -0.25) is 25.1 Å². The highest BCUT2D eigenvalue weighted by Crippen LogP contribution is 2.31. The van der Waals surface area contributed by atoms with Gasteiger partial charge in [-0.15, -0.1) is 0 Å². The van der Waals surface area contributed by atoms with Crippen molar-refractivity contribution in [1.82, 2.24) is 15.8 Å². The van der Waals surface area contributed by atoms with Crippen molar-refractivity contribution in [2.45, 2.75) is 25.3 Å². The van der Waals surface area contributed by atoms with E-state index >= 15 is 0 Å². The maximum Gasteiger partial charge on any atom is 0.344 e. The van der Waals surface area contributed by atoms with Crippen LogP contribution in [0.15, 0.2) is 54.6 Å². The molecule has 1 fully saturated rings. The molecule has 2 aromatic rings. The van der Waals surface area contributed by atoms with E-state index in [1.807, 2.05) is 0 Å². The van der Waals surface area contributed by atoms with Crippen molar-refractivity contribution >= 4 is 23.5 Å². The Balaban J connectivity index is 1.73. The number of non-ortho nitro benzene ring substituents is 1. The number of amides is 4. The molecule has 9 heteroatoms. The van der Waals surface area contributed by atoms with Crippen LogP contribution in [0.5, 0.6) is 0 Å². The van der Waals surface area contributed by atoms with E-state index in [2.05, 4.69) is 10.7 Å². The average Bonchev–Trinajstić information content (AvgIpc) is 2.94. The van der Waals surface area contributed by atoms with Gasteiger partial charge in [-0.2, -0.15) is 5.01 Å². The summed E-state index contributed by atoms with van der Waals surface area (Å²) in [5.41, 5.74) is 2.14. The largest absolute Gasteiger partial charge is 0.344 e. The second-order valence-corrected chi connectivity index (χ2v) is 6.33. The molecule has 0 spiro atoms. The van der Waals surface area contributed by atoms with Crippen LogP contribution < -0.4 is 10.7 Å². The van der Waals surface area contributed by atoms with E-state index in [-0.39, 0.29) is 12.1 Å². The predicted molar refractivity (Wildman–Crippen MR) is 98.7 cm³/mol. The molecular weight excluding hydrogens is 364 g/mol. The van der Waals surface area contributed by atoms with E-state index in [0.717, 1.165) is 0 Å². The quantitative estimate of drug-likeness (QED) is 0.450. The number of nitro benzene ring substituents is 1. The monoisotopic (exact) mass is 382 g/mol. The zero-order valence-corrected chi connectivity index (χ0v) is 15.0. The Kier molecular flexibility index (Phi) is 5.08. The van der Waals surface area contributed by atoms with Crippen LogP contribution in [0.25, 0.3) is 0 Å². The van der Waals surface area contributed by atoms with Crippen LogP contribution in [-0.2, 0) is 21.5 Å². The number of imide groups is 1. The average molecular weight is 382 g/mol. The first-order valence-electron chi connectivity index (χ1n) is 8.62. The minimum atomic E-state index is -1.24. The second kappa shape index (κ2) is 7.47. The van der Waals surface area contributed by atoms with Gasteiger partial charge in [0.1, 0.15) is 5.54 Å². The van der Waals surface area contributed by atoms with Crippen LogP contribution in [0.2, 0.25) is 0 Å². The van der Waals surface area contributed by atoms with Crippen molar-refractivity contribution < 1.29 is 19.3 Å². The fourth-order valence-electron chi connectivity index (χ4n) is 3.12. The van der Waals surface area contributed by atoms with Crippen LogP contribution in [0.1, 0.15) is 24.5 Å². The van der Waals surface area contributed by atoms with E-state index in [0.29, 0.717) is 22.6 Å². The van der Waals surface area contributed by atoms with Gasteiger partial charge >= 0.3 is 6.03 Å². The van der Waals surface area contributed by atoms with Crippen molar-refractivity contribution in [3.63, 3.8) is 0 Å². The Morgan fingerprint density at radius 3 is 2.36 bits per heavy atom. The number of urea groups is 1. The van der Waals surface area contributed by atoms with Crippen LogP contribution in [0, 0.1) is 10.1 Å². The van der Waals surface area contributed by atoms with Crippen molar-refractivity contribution in [1.29, 1.82) is 0 Å². The number of benzene rings is 2. The van der Waals surface area contributed by atoms with Crippen molar-refractivity contribution in [2.75, 3.05) is 0 Å². The number of hydrazine groups is 1. The number of nitrogens with zero attached hydrogens (tertiary/aromatic N) is 2. The van der Waals surface area contributed by atoms with Crippen LogP contribution in [0.3, 0.4) is 0 Å². The molecule has 28 heavy (non-hydrogen) atoms. The third-order valence-electron chi connectivity index (χ3n) is 4.64. The predicted octanol–water partition coefficient (Wildman–Crippen LogP) is 2.03. The number of carbonyl (C=O) groups excluding carboxylic acids is 3. The molecular formula is C19H18N4O5. The minimum absolute atomic E-state index is 0.0890. The highest BCUT2D eigenvalue weighted by atomic mass is 16.6. The van der Waals surface area contributed by atoms with Gasteiger partial charge in [0.15, 0.2) is 0 Å². The van der Waals surface area contributed by atoms with Gasteiger partial charge in [0.2, 0.25) is 5.91 Å². The molecule has 3 rings (SSSR count). The SMILES string of the molecule is CC[C@@]1(c2ccccc2)NC(=O)N(NC(=O)Cc2ccc([N+](=O)[O-])cc2)C1=O. The number of nitrogens with one attached hydrogen (secondary N) is 2. The number of hydrogen-bond acceptors (Lipinski definition) is 5. The summed E-state index contributed by atoms with van der Waals surface area (Å²) in [5, 5.41) is 14.0. The van der Waals surface area contributed by atoms with Gasteiger partial charge in [-0.25, -0.2) is 4.79 Å². The number of rotatable bonds is 6. The molecule has 2 N–H and O–H groups in total. The molecule has 0 aliphatic carbocycles. The van der Waals surface area contributed by atoms with Gasteiger partial charge < -0.3 is 5.32 Å². The van der Waals surface area contributed by atoms with Crippen molar-refractivity contribution in [3.05, 3.63) is 75.8 Å². The maximum atomic E-state index is 12.9. The highest BCUT2D eigenvalue weighted by Gasteiger charge is 2.52. The number of hydrogen-bond donors (Lipinski definition) is 2. The standard InChI is InChI=1S/C19H18N4O5/c1-2-19(14-6-4-3-5-7-14)17(25)22(18(26)20-19)21-16(24)12-13-8-10-15(11-9-13)23(27)28/h3-11H,2,12H2,1H3,(H,20,26)(H,21,24)/t19-/m0/s1. The van der Waals surface area contributed by atoms with Crippen molar-refractivity contribution in [2.24, 2.45) is 0 Å². The number of carbonyl (C=O) groups is 3. The summed E-state index contributed by atoms with van der Waals surface area (Å²) in [6.07, 6.45) is 0.176. The lowest BCUT2D eigenvalue weighted by Gasteiger charge is -2.25. The summed E-state index contributed by atoms with van der Waals surface area (Å²) < 4.78 is 0. The Morgan fingerprint density at radius 2 is 1.79 bits per heavy atom. The normalized spacial score (nSPS) is 18.7. The fourth-order valence-corrected chi connectivity index (χ4v) is 3.12. The lowest BCUT2D eigenvalue weighted by molar-refractivity contribution is -0.384. The van der Waals surface area contributed by atoms with Crippen LogP contribution in [-0.4, -0.2) is 27.8 Å². The molecule has 0 aromatic heterocycles. The first-order chi connectivity index (χ1) is 13.4. The molecule has 1 saturated heterocycles. The van der Waals surface area contributed by atoms with E-state index in [9.17, 15) is 24.5 Å². The van der Waals surface area contributed by atoms with E-state index in [1.54, 1.807) is 37.3 Å². The maximum absolute atomic E-state index is 12.9. The lowest BCUT2D eigenvalue weighted by Crippen LogP contribution is -2.49. The molecule has 0 unspecified atom stereocenters. The molecule has 2 aromatic carbocycles. The summed E-state index contributed by atoms with van der Waals surface area (Å²) in [7, 11) is 0. The summed E-state index contributed by atoms with van der Waals surface area (Å²) in [5.74, 6) is -1.15. The fraction of sp³-hybridized carbons (Fsp3) is 0.211. The molecule has 1 heterocycles. The van der Waals surface area contributed by atoms with Gasteiger partial charge in [0, 0.05) is 12.1 Å². The second-order valence-electron chi connectivity index (χ2n) is 6.33. The molecule has 1 atom stereocenters. The summed E-state index contributed by atoms with van der Waals surface area (Å²) >= 11 is 0. The van der Waals surface area contributed by atoms with Gasteiger partial charge in [0.05, 0.1) is 11.3 Å². The van der Waals surface area contributed by atoms with E-state index < -0.39 is 28.3 Å². The molecule has 0 radical (unpaired) electrons. The Bertz CT molecular complexity index is 929. The van der Waals surface area contributed by atoms with Gasteiger partial charge in [0.25, 0.3) is 11.6 Å². The van der Waals surface area contributed by atoms with Crippen molar-refractivity contribution in [3.8, 4) is 0 Å². The molecule has 1 aliphatic heterocycles. The lowest BCUT2D eigenvalue weighted by atomic mass is 9.87. The van der Waals surface area contributed by atoms with E-state index in [4.69, 9.17) is 0 Å². The third-order valence-corrected chi connectivity index (χ3v) is 4.64. The Hall–Kier alpha value is -3.75. The molecule has 4 amide bonds. The van der Waals surface area contributed by atoms with Gasteiger partial charge in [-0.1, -0.05) is 49.4 Å². The molecule has 1 aliphatic rings. The van der Waals surface area contributed by atoms with Gasteiger partial charge in [-0.05, 0) is 17.5 Å². The first kappa shape index (κ1) is 19.0. The first-order valence-corrected chi connectivity index (χ1v) is 8.62. The minimum Gasteiger partial charge on any atom is -0.318 e. The third kappa shape index (κ3) is 3.41. The van der Waals surface area contributed by atoms with Crippen LogP contribution in [0.4, 0.5) is 10.5 Å². The smallest absolute Gasteiger partial charge is 0.318 e. The number of nitro groups is 1. The summed E-state index contributed by atoms with van der Waals surface area (Å²) in [4.78, 5) is 47.7. The topological polar surface area (TPSA) is 122 Å². The Morgan fingerprint density at radius 1 is 1.14 bits per heavy atom. The summed E-state index contributed by atoms with van der Waals surface area (Å²) in [6, 6.07) is 13.6.